The highest BCUT2D eigenvalue weighted by molar-refractivity contribution is 5.96. The standard InChI is InChI=1S/C19H21NO3/c1-13(2)15-10-8-14(9-11-15)12-17(19(22)23)20-18(21)16-6-4-3-5-7-16/h3-11,13,17H,12H2,1-2H3,(H,20,21)(H,22,23)/p-1/t17-/m0/s1. The first kappa shape index (κ1) is 16.7. The maximum atomic E-state index is 12.1. The van der Waals surface area contributed by atoms with Crippen molar-refractivity contribution in [3.05, 3.63) is 71.3 Å². The van der Waals surface area contributed by atoms with Crippen LogP contribution in [-0.4, -0.2) is 17.9 Å². The number of carbonyl (C=O) groups excluding carboxylic acids is 2. The minimum absolute atomic E-state index is 0.194. The fourth-order valence-corrected chi connectivity index (χ4v) is 2.30. The maximum Gasteiger partial charge on any atom is 0.251 e. The molecule has 0 fully saturated rings. The second-order valence-electron chi connectivity index (χ2n) is 5.81. The average Bonchev–Trinajstić information content (AvgIpc) is 2.55. The first-order chi connectivity index (χ1) is 11.0. The van der Waals surface area contributed by atoms with E-state index >= 15 is 0 Å². The van der Waals surface area contributed by atoms with E-state index in [0.29, 0.717) is 11.5 Å². The van der Waals surface area contributed by atoms with Crippen molar-refractivity contribution in [3.63, 3.8) is 0 Å². The number of benzene rings is 2. The molecule has 0 unspecified atom stereocenters. The summed E-state index contributed by atoms with van der Waals surface area (Å²) < 4.78 is 0. The third kappa shape index (κ3) is 4.68. The topological polar surface area (TPSA) is 69.2 Å². The van der Waals surface area contributed by atoms with Crippen LogP contribution in [0.5, 0.6) is 0 Å². The van der Waals surface area contributed by atoms with Crippen molar-refractivity contribution in [1.82, 2.24) is 5.32 Å². The number of hydrogen-bond acceptors (Lipinski definition) is 3. The zero-order valence-electron chi connectivity index (χ0n) is 13.3. The van der Waals surface area contributed by atoms with E-state index in [0.717, 1.165) is 5.56 Å². The third-order valence-corrected chi connectivity index (χ3v) is 3.71. The van der Waals surface area contributed by atoms with Gasteiger partial charge in [-0.25, -0.2) is 0 Å². The third-order valence-electron chi connectivity index (χ3n) is 3.71. The molecule has 2 aromatic rings. The number of carboxylic acids is 1. The van der Waals surface area contributed by atoms with Crippen molar-refractivity contribution in [2.75, 3.05) is 0 Å². The van der Waals surface area contributed by atoms with E-state index in [1.165, 1.54) is 5.56 Å². The minimum Gasteiger partial charge on any atom is -0.548 e. The Hall–Kier alpha value is -2.62. The predicted molar refractivity (Wildman–Crippen MR) is 86.9 cm³/mol. The van der Waals surface area contributed by atoms with Gasteiger partial charge in [0.15, 0.2) is 0 Å². The second-order valence-corrected chi connectivity index (χ2v) is 5.81. The zero-order valence-corrected chi connectivity index (χ0v) is 13.3. The largest absolute Gasteiger partial charge is 0.548 e. The summed E-state index contributed by atoms with van der Waals surface area (Å²) in [5.74, 6) is -1.29. The van der Waals surface area contributed by atoms with Gasteiger partial charge in [0.2, 0.25) is 0 Å². The first-order valence-electron chi connectivity index (χ1n) is 7.63. The Labute approximate surface area is 136 Å². The average molecular weight is 310 g/mol. The van der Waals surface area contributed by atoms with Gasteiger partial charge in [-0.1, -0.05) is 56.3 Å². The number of carboxylic acid groups (broad SMARTS) is 1. The molecule has 2 rings (SSSR count). The van der Waals surface area contributed by atoms with Crippen LogP contribution in [0.4, 0.5) is 0 Å². The molecule has 1 atom stereocenters. The van der Waals surface area contributed by atoms with Crippen LogP contribution in [0.25, 0.3) is 0 Å². The lowest BCUT2D eigenvalue weighted by Crippen LogP contribution is -2.49. The summed E-state index contributed by atoms with van der Waals surface area (Å²) in [6.45, 7) is 4.19. The highest BCUT2D eigenvalue weighted by atomic mass is 16.4. The number of hydrogen-bond donors (Lipinski definition) is 1. The van der Waals surface area contributed by atoms with Gasteiger partial charge in [0.1, 0.15) is 0 Å². The van der Waals surface area contributed by atoms with Crippen molar-refractivity contribution in [2.24, 2.45) is 0 Å². The van der Waals surface area contributed by atoms with E-state index in [2.05, 4.69) is 19.2 Å². The Morgan fingerprint density at radius 3 is 2.13 bits per heavy atom. The molecule has 0 aliphatic heterocycles. The summed E-state index contributed by atoms with van der Waals surface area (Å²) in [7, 11) is 0. The molecule has 0 aromatic heterocycles. The molecule has 0 aliphatic rings. The van der Waals surface area contributed by atoms with Gasteiger partial charge in [-0.2, -0.15) is 0 Å². The minimum atomic E-state index is -1.29. The van der Waals surface area contributed by atoms with Gasteiger partial charge in [0, 0.05) is 5.56 Å². The van der Waals surface area contributed by atoms with Crippen LogP contribution in [0, 0.1) is 0 Å². The van der Waals surface area contributed by atoms with E-state index < -0.39 is 17.9 Å². The van der Waals surface area contributed by atoms with E-state index in [4.69, 9.17) is 0 Å². The molecule has 23 heavy (non-hydrogen) atoms. The van der Waals surface area contributed by atoms with Crippen LogP contribution in [0.3, 0.4) is 0 Å². The van der Waals surface area contributed by atoms with E-state index in [9.17, 15) is 14.7 Å². The molecule has 4 nitrogen and oxygen atoms in total. The fraction of sp³-hybridized carbons (Fsp3) is 0.263. The molecule has 0 saturated heterocycles. The fourth-order valence-electron chi connectivity index (χ4n) is 2.30. The molecule has 2 aromatic carbocycles. The summed E-state index contributed by atoms with van der Waals surface area (Å²) in [6.07, 6.45) is 0.194. The molecule has 1 amide bonds. The Balaban J connectivity index is 2.07. The van der Waals surface area contributed by atoms with Gasteiger partial charge in [-0.05, 0) is 35.6 Å². The lowest BCUT2D eigenvalue weighted by atomic mass is 9.99. The van der Waals surface area contributed by atoms with Crippen molar-refractivity contribution in [3.8, 4) is 0 Å². The van der Waals surface area contributed by atoms with Crippen LogP contribution in [0.1, 0.15) is 41.3 Å². The predicted octanol–water partition coefficient (Wildman–Crippen LogP) is 1.90. The Morgan fingerprint density at radius 1 is 1.00 bits per heavy atom. The lowest BCUT2D eigenvalue weighted by Gasteiger charge is -2.20. The maximum absolute atomic E-state index is 12.1. The molecule has 120 valence electrons. The van der Waals surface area contributed by atoms with Crippen LogP contribution in [0.15, 0.2) is 54.6 Å². The van der Waals surface area contributed by atoms with Gasteiger partial charge in [-0.3, -0.25) is 4.79 Å². The molecule has 0 saturated carbocycles. The molecule has 0 spiro atoms. The SMILES string of the molecule is CC(C)c1ccc(C[C@H](NC(=O)c2ccccc2)C(=O)[O-])cc1. The van der Waals surface area contributed by atoms with E-state index in [-0.39, 0.29) is 6.42 Å². The molecule has 4 heteroatoms. The van der Waals surface area contributed by atoms with Gasteiger partial charge in [-0.15, -0.1) is 0 Å². The van der Waals surface area contributed by atoms with Gasteiger partial charge in [0.05, 0.1) is 12.0 Å². The number of carbonyl (C=O) groups is 2. The summed E-state index contributed by atoms with van der Waals surface area (Å²) in [6, 6.07) is 15.2. The van der Waals surface area contributed by atoms with Crippen molar-refractivity contribution >= 4 is 11.9 Å². The molecule has 0 aliphatic carbocycles. The smallest absolute Gasteiger partial charge is 0.251 e. The Morgan fingerprint density at radius 2 is 1.61 bits per heavy atom. The van der Waals surface area contributed by atoms with Gasteiger partial charge in [0.25, 0.3) is 5.91 Å². The molecule has 0 bridgehead atoms. The van der Waals surface area contributed by atoms with E-state index in [1.807, 2.05) is 24.3 Å². The Kier molecular flexibility index (Phi) is 5.52. The monoisotopic (exact) mass is 310 g/mol. The normalized spacial score (nSPS) is 12.0. The summed E-state index contributed by atoms with van der Waals surface area (Å²) in [5.41, 5.74) is 2.46. The van der Waals surface area contributed by atoms with E-state index in [1.54, 1.807) is 30.3 Å². The first-order valence-corrected chi connectivity index (χ1v) is 7.63. The van der Waals surface area contributed by atoms with Gasteiger partial charge < -0.3 is 15.2 Å². The second kappa shape index (κ2) is 7.58. The van der Waals surface area contributed by atoms with Crippen molar-refractivity contribution in [1.29, 1.82) is 0 Å². The number of rotatable bonds is 6. The van der Waals surface area contributed by atoms with Crippen LogP contribution in [-0.2, 0) is 11.2 Å². The van der Waals surface area contributed by atoms with Crippen LogP contribution < -0.4 is 10.4 Å². The molecule has 0 radical (unpaired) electrons. The Bertz CT molecular complexity index is 663. The summed E-state index contributed by atoms with van der Waals surface area (Å²) >= 11 is 0. The summed E-state index contributed by atoms with van der Waals surface area (Å²) in [4.78, 5) is 23.4. The number of aliphatic carboxylic acids is 1. The summed E-state index contributed by atoms with van der Waals surface area (Å²) in [5, 5.41) is 13.8. The number of nitrogens with one attached hydrogen (secondary N) is 1. The lowest BCUT2D eigenvalue weighted by molar-refractivity contribution is -0.308. The highest BCUT2D eigenvalue weighted by Crippen LogP contribution is 2.15. The van der Waals surface area contributed by atoms with Crippen LogP contribution >= 0.6 is 0 Å². The molecule has 0 heterocycles. The molecular formula is C19H20NO3-. The van der Waals surface area contributed by atoms with Crippen molar-refractivity contribution in [2.45, 2.75) is 32.2 Å². The zero-order chi connectivity index (χ0) is 16.8. The molecule has 1 N–H and O–H groups in total. The molecular weight excluding hydrogens is 290 g/mol. The van der Waals surface area contributed by atoms with Gasteiger partial charge >= 0.3 is 0 Å². The van der Waals surface area contributed by atoms with Crippen molar-refractivity contribution < 1.29 is 14.7 Å². The highest BCUT2D eigenvalue weighted by Gasteiger charge is 2.15. The van der Waals surface area contributed by atoms with Crippen LogP contribution in [0.2, 0.25) is 0 Å². The number of amides is 1. The quantitative estimate of drug-likeness (QED) is 0.886.